The summed E-state index contributed by atoms with van der Waals surface area (Å²) in [6, 6.07) is 16.8. The molecular weight excluding hydrogens is 374 g/mol. The van der Waals surface area contributed by atoms with E-state index in [-0.39, 0.29) is 31.6 Å². The Morgan fingerprint density at radius 3 is 2.31 bits per heavy atom. The van der Waals surface area contributed by atoms with Gasteiger partial charge in [0.2, 0.25) is 0 Å². The highest BCUT2D eigenvalue weighted by molar-refractivity contribution is 5.76. The number of phenolic OH excluding ortho intramolecular Hbond substituents is 1. The summed E-state index contributed by atoms with van der Waals surface area (Å²) >= 11 is 0. The van der Waals surface area contributed by atoms with Crippen molar-refractivity contribution in [3.05, 3.63) is 77.4 Å². The van der Waals surface area contributed by atoms with E-state index in [2.05, 4.69) is 0 Å². The summed E-state index contributed by atoms with van der Waals surface area (Å²) in [5.74, 6) is -0.952. The van der Waals surface area contributed by atoms with Crippen molar-refractivity contribution in [2.24, 2.45) is 0 Å². The van der Waals surface area contributed by atoms with Crippen LogP contribution in [0.15, 0.2) is 60.7 Å². The van der Waals surface area contributed by atoms with E-state index in [1.54, 1.807) is 24.3 Å². The van der Waals surface area contributed by atoms with E-state index in [1.807, 2.05) is 25.1 Å². The standard InChI is InChI=1S/C23H20F2O3.CH4/c1-14-3-2-4-15(11-14)20-8-5-17(13-21(20)23(24)25)19-9-7-18(26)12-16(19)6-10-22(27)28;/h2-5,7-9,11-13,23,26H,6,10H2,1H3,(H,27,28);1H4. The molecule has 0 heterocycles. The van der Waals surface area contributed by atoms with Crippen molar-refractivity contribution < 1.29 is 23.8 Å². The van der Waals surface area contributed by atoms with E-state index >= 15 is 0 Å². The maximum absolute atomic E-state index is 13.8. The van der Waals surface area contributed by atoms with Crippen LogP contribution in [0.4, 0.5) is 8.78 Å². The molecule has 2 N–H and O–H groups in total. The molecule has 0 aliphatic carbocycles. The first-order valence-electron chi connectivity index (χ1n) is 8.88. The number of aromatic hydroxyl groups is 1. The number of aliphatic carboxylic acids is 1. The van der Waals surface area contributed by atoms with Crippen molar-refractivity contribution in [2.45, 2.75) is 33.6 Å². The van der Waals surface area contributed by atoms with E-state index in [1.165, 1.54) is 18.2 Å². The Hall–Kier alpha value is -3.21. The van der Waals surface area contributed by atoms with Gasteiger partial charge in [-0.25, -0.2) is 8.78 Å². The van der Waals surface area contributed by atoms with Crippen molar-refractivity contribution in [3.8, 4) is 28.0 Å². The van der Waals surface area contributed by atoms with Crippen LogP contribution in [0.25, 0.3) is 22.3 Å². The fourth-order valence-electron chi connectivity index (χ4n) is 3.30. The minimum atomic E-state index is -2.66. The van der Waals surface area contributed by atoms with Crippen molar-refractivity contribution in [1.29, 1.82) is 0 Å². The molecule has 3 nitrogen and oxygen atoms in total. The molecule has 5 heteroatoms. The average molecular weight is 398 g/mol. The Morgan fingerprint density at radius 2 is 1.66 bits per heavy atom. The molecule has 0 atom stereocenters. The third-order valence-corrected chi connectivity index (χ3v) is 4.62. The van der Waals surface area contributed by atoms with E-state index in [9.17, 15) is 18.7 Å². The second-order valence-corrected chi connectivity index (χ2v) is 6.71. The number of carboxylic acid groups (broad SMARTS) is 1. The molecule has 0 aliphatic rings. The molecule has 29 heavy (non-hydrogen) atoms. The number of aryl methyl sites for hydroxylation is 2. The molecule has 0 spiro atoms. The van der Waals surface area contributed by atoms with Gasteiger partial charge in [0.1, 0.15) is 5.75 Å². The van der Waals surface area contributed by atoms with Crippen molar-refractivity contribution in [3.63, 3.8) is 0 Å². The monoisotopic (exact) mass is 398 g/mol. The first kappa shape index (κ1) is 22.1. The smallest absolute Gasteiger partial charge is 0.303 e. The lowest BCUT2D eigenvalue weighted by Crippen LogP contribution is -1.99. The van der Waals surface area contributed by atoms with Crippen LogP contribution in [0.1, 0.15) is 37.0 Å². The Bertz CT molecular complexity index is 1010. The summed E-state index contributed by atoms with van der Waals surface area (Å²) in [5.41, 5.74) is 3.89. The van der Waals surface area contributed by atoms with Gasteiger partial charge < -0.3 is 10.2 Å². The third kappa shape index (κ3) is 5.19. The number of hydrogen-bond donors (Lipinski definition) is 2. The molecule has 0 unspecified atom stereocenters. The van der Waals surface area contributed by atoms with Crippen LogP contribution in [0.5, 0.6) is 5.75 Å². The minimum Gasteiger partial charge on any atom is -0.508 e. The predicted molar refractivity (Wildman–Crippen MR) is 111 cm³/mol. The fourth-order valence-corrected chi connectivity index (χ4v) is 3.30. The first-order valence-corrected chi connectivity index (χ1v) is 8.88. The zero-order chi connectivity index (χ0) is 20.3. The number of benzene rings is 3. The van der Waals surface area contributed by atoms with Crippen LogP contribution in [-0.4, -0.2) is 16.2 Å². The minimum absolute atomic E-state index is 0. The largest absolute Gasteiger partial charge is 0.508 e. The lowest BCUT2D eigenvalue weighted by Gasteiger charge is -2.15. The maximum atomic E-state index is 13.8. The van der Waals surface area contributed by atoms with Crippen LogP contribution in [0, 0.1) is 6.92 Å². The highest BCUT2D eigenvalue weighted by atomic mass is 19.3. The highest BCUT2D eigenvalue weighted by Crippen LogP contribution is 2.36. The SMILES string of the molecule is C.Cc1cccc(-c2ccc(-c3ccc(O)cc3CCC(=O)O)cc2C(F)F)c1. The average Bonchev–Trinajstić information content (AvgIpc) is 2.66. The molecule has 0 fully saturated rings. The van der Waals surface area contributed by atoms with Gasteiger partial charge in [-0.2, -0.15) is 0 Å². The number of halogens is 2. The molecule has 0 radical (unpaired) electrons. The highest BCUT2D eigenvalue weighted by Gasteiger charge is 2.17. The van der Waals surface area contributed by atoms with Gasteiger partial charge in [0, 0.05) is 12.0 Å². The quantitative estimate of drug-likeness (QED) is 0.490. The fraction of sp³-hybridized carbons (Fsp3) is 0.208. The van der Waals surface area contributed by atoms with Crippen LogP contribution < -0.4 is 0 Å². The molecule has 0 saturated carbocycles. The van der Waals surface area contributed by atoms with E-state index in [0.717, 1.165) is 11.1 Å². The normalized spacial score (nSPS) is 10.6. The van der Waals surface area contributed by atoms with Gasteiger partial charge >= 0.3 is 5.97 Å². The number of carbonyl (C=O) groups is 1. The molecule has 152 valence electrons. The molecule has 0 aliphatic heterocycles. The summed E-state index contributed by atoms with van der Waals surface area (Å²) in [4.78, 5) is 10.9. The van der Waals surface area contributed by atoms with Gasteiger partial charge in [-0.05, 0) is 59.4 Å². The summed E-state index contributed by atoms with van der Waals surface area (Å²) < 4.78 is 27.6. The molecule has 3 aromatic rings. The van der Waals surface area contributed by atoms with Gasteiger partial charge in [0.05, 0.1) is 0 Å². The third-order valence-electron chi connectivity index (χ3n) is 4.62. The van der Waals surface area contributed by atoms with Gasteiger partial charge in [-0.15, -0.1) is 0 Å². The second kappa shape index (κ2) is 9.32. The lowest BCUT2D eigenvalue weighted by molar-refractivity contribution is -0.136. The molecule has 0 bridgehead atoms. The zero-order valence-electron chi connectivity index (χ0n) is 15.3. The summed E-state index contributed by atoms with van der Waals surface area (Å²) in [6.45, 7) is 1.91. The predicted octanol–water partition coefficient (Wildman–Crippen LogP) is 6.63. The van der Waals surface area contributed by atoms with Gasteiger partial charge in [0.15, 0.2) is 0 Å². The zero-order valence-corrected chi connectivity index (χ0v) is 15.3. The Morgan fingerprint density at radius 1 is 0.966 bits per heavy atom. The summed E-state index contributed by atoms with van der Waals surface area (Å²) in [7, 11) is 0. The molecule has 3 rings (SSSR count). The van der Waals surface area contributed by atoms with E-state index < -0.39 is 12.4 Å². The Kier molecular flexibility index (Phi) is 7.10. The summed E-state index contributed by atoms with van der Waals surface area (Å²) in [6.07, 6.45) is -2.57. The van der Waals surface area contributed by atoms with Crippen LogP contribution in [-0.2, 0) is 11.2 Å². The van der Waals surface area contributed by atoms with Gasteiger partial charge in [-0.1, -0.05) is 55.5 Å². The number of hydrogen-bond acceptors (Lipinski definition) is 2. The summed E-state index contributed by atoms with van der Waals surface area (Å²) in [5, 5.41) is 18.7. The topological polar surface area (TPSA) is 57.5 Å². The molecule has 0 amide bonds. The second-order valence-electron chi connectivity index (χ2n) is 6.71. The van der Waals surface area contributed by atoms with Crippen LogP contribution >= 0.6 is 0 Å². The molecule has 0 saturated heterocycles. The number of rotatable bonds is 6. The first-order chi connectivity index (χ1) is 13.3. The van der Waals surface area contributed by atoms with E-state index in [0.29, 0.717) is 22.3 Å². The maximum Gasteiger partial charge on any atom is 0.303 e. The van der Waals surface area contributed by atoms with Gasteiger partial charge in [0.25, 0.3) is 6.43 Å². The van der Waals surface area contributed by atoms with Crippen molar-refractivity contribution >= 4 is 5.97 Å². The van der Waals surface area contributed by atoms with Crippen molar-refractivity contribution in [2.75, 3.05) is 0 Å². The lowest BCUT2D eigenvalue weighted by atomic mass is 9.91. The number of carboxylic acids is 1. The number of alkyl halides is 2. The number of phenols is 1. The molecule has 0 aromatic heterocycles. The van der Waals surface area contributed by atoms with Crippen LogP contribution in [0.3, 0.4) is 0 Å². The van der Waals surface area contributed by atoms with Crippen molar-refractivity contribution in [1.82, 2.24) is 0 Å². The molecular formula is C24H24F2O3. The Labute approximate surface area is 169 Å². The molecule has 3 aromatic carbocycles. The van der Waals surface area contributed by atoms with Crippen LogP contribution in [0.2, 0.25) is 0 Å². The van der Waals surface area contributed by atoms with Gasteiger partial charge in [-0.3, -0.25) is 4.79 Å². The Balaban J connectivity index is 0.00000300. The van der Waals surface area contributed by atoms with E-state index in [4.69, 9.17) is 5.11 Å².